The molecular formula is C14H26N6. The van der Waals surface area contributed by atoms with E-state index in [4.69, 9.17) is 11.5 Å². The number of hydrogen-bond donors (Lipinski definition) is 2. The molecule has 0 saturated carbocycles. The van der Waals surface area contributed by atoms with E-state index < -0.39 is 0 Å². The fourth-order valence-electron chi connectivity index (χ4n) is 2.46. The fraction of sp³-hybridized carbons (Fsp3) is 0.714. The third-order valence-electron chi connectivity index (χ3n) is 3.81. The highest BCUT2D eigenvalue weighted by Crippen LogP contribution is 2.26. The lowest BCUT2D eigenvalue weighted by Crippen LogP contribution is -2.45. The Labute approximate surface area is 121 Å². The number of rotatable bonds is 4. The largest absolute Gasteiger partial charge is 0.383 e. The Morgan fingerprint density at radius 3 is 2.35 bits per heavy atom. The number of aromatic nitrogens is 2. The van der Waals surface area contributed by atoms with E-state index in [0.717, 1.165) is 50.4 Å². The van der Waals surface area contributed by atoms with E-state index in [-0.39, 0.29) is 5.95 Å². The van der Waals surface area contributed by atoms with Crippen LogP contribution < -0.4 is 16.4 Å². The second kappa shape index (κ2) is 6.26. The van der Waals surface area contributed by atoms with Crippen LogP contribution in [0.2, 0.25) is 0 Å². The van der Waals surface area contributed by atoms with Crippen molar-refractivity contribution in [1.29, 1.82) is 0 Å². The molecule has 20 heavy (non-hydrogen) atoms. The molecule has 0 spiro atoms. The summed E-state index contributed by atoms with van der Waals surface area (Å²) in [5.41, 5.74) is 12.9. The lowest BCUT2D eigenvalue weighted by molar-refractivity contribution is 0.311. The maximum Gasteiger partial charge on any atom is 0.223 e. The summed E-state index contributed by atoms with van der Waals surface area (Å²) in [5.74, 6) is 2.37. The maximum absolute atomic E-state index is 6.07. The van der Waals surface area contributed by atoms with Crippen LogP contribution in [0.5, 0.6) is 0 Å². The number of likely N-dealkylation sites (N-methyl/N-ethyl adjacent to an activating group) is 1. The minimum absolute atomic E-state index is 0.268. The molecule has 0 bridgehead atoms. The molecule has 0 amide bonds. The van der Waals surface area contributed by atoms with Gasteiger partial charge in [0.25, 0.3) is 0 Å². The van der Waals surface area contributed by atoms with Crippen molar-refractivity contribution in [1.82, 2.24) is 14.9 Å². The minimum atomic E-state index is 0.268. The van der Waals surface area contributed by atoms with Gasteiger partial charge in [0, 0.05) is 31.7 Å². The van der Waals surface area contributed by atoms with E-state index in [0.29, 0.717) is 11.7 Å². The summed E-state index contributed by atoms with van der Waals surface area (Å²) < 4.78 is 0. The van der Waals surface area contributed by atoms with Crippen molar-refractivity contribution in [2.24, 2.45) is 5.92 Å². The Morgan fingerprint density at radius 2 is 1.75 bits per heavy atom. The Balaban J connectivity index is 2.25. The molecule has 2 heterocycles. The van der Waals surface area contributed by atoms with Crippen molar-refractivity contribution in [2.45, 2.75) is 26.7 Å². The fourth-order valence-corrected chi connectivity index (χ4v) is 2.46. The molecule has 1 aromatic rings. The molecule has 0 radical (unpaired) electrons. The van der Waals surface area contributed by atoms with Gasteiger partial charge in [-0.1, -0.05) is 13.8 Å². The molecule has 1 aliphatic rings. The number of piperazine rings is 1. The molecule has 112 valence electrons. The molecule has 6 heteroatoms. The summed E-state index contributed by atoms with van der Waals surface area (Å²) in [6.07, 6.45) is 1.99. The second-order valence-electron chi connectivity index (χ2n) is 5.99. The van der Waals surface area contributed by atoms with E-state index in [1.807, 2.05) is 0 Å². The van der Waals surface area contributed by atoms with Gasteiger partial charge in [0.05, 0.1) is 0 Å². The van der Waals surface area contributed by atoms with Crippen molar-refractivity contribution in [3.63, 3.8) is 0 Å². The smallest absolute Gasteiger partial charge is 0.223 e. The van der Waals surface area contributed by atoms with Crippen molar-refractivity contribution < 1.29 is 0 Å². The molecule has 0 aromatic carbocycles. The van der Waals surface area contributed by atoms with Crippen molar-refractivity contribution in [3.8, 4) is 0 Å². The van der Waals surface area contributed by atoms with E-state index >= 15 is 0 Å². The van der Waals surface area contributed by atoms with Crippen LogP contribution in [0.4, 0.5) is 17.6 Å². The average molecular weight is 278 g/mol. The molecule has 0 unspecified atom stereocenters. The number of nitrogen functional groups attached to an aromatic ring is 2. The monoisotopic (exact) mass is 278 g/mol. The van der Waals surface area contributed by atoms with Crippen LogP contribution in [0.3, 0.4) is 0 Å². The Morgan fingerprint density at radius 1 is 1.10 bits per heavy atom. The average Bonchev–Trinajstić information content (AvgIpc) is 2.37. The minimum Gasteiger partial charge on any atom is -0.383 e. The summed E-state index contributed by atoms with van der Waals surface area (Å²) in [7, 11) is 2.14. The zero-order valence-electron chi connectivity index (χ0n) is 12.8. The van der Waals surface area contributed by atoms with Gasteiger partial charge >= 0.3 is 0 Å². The number of anilines is 3. The molecule has 1 aliphatic heterocycles. The van der Waals surface area contributed by atoms with Crippen molar-refractivity contribution >= 4 is 17.6 Å². The van der Waals surface area contributed by atoms with Crippen molar-refractivity contribution in [3.05, 3.63) is 5.56 Å². The topological polar surface area (TPSA) is 84.3 Å². The molecule has 0 aliphatic carbocycles. The van der Waals surface area contributed by atoms with Crippen LogP contribution in [-0.2, 0) is 6.42 Å². The first-order chi connectivity index (χ1) is 9.47. The summed E-state index contributed by atoms with van der Waals surface area (Å²) in [4.78, 5) is 13.2. The second-order valence-corrected chi connectivity index (χ2v) is 5.99. The molecule has 1 saturated heterocycles. The zero-order valence-corrected chi connectivity index (χ0v) is 12.8. The lowest BCUT2D eigenvalue weighted by atomic mass is 10.0. The lowest BCUT2D eigenvalue weighted by Gasteiger charge is -2.34. The van der Waals surface area contributed by atoms with Gasteiger partial charge in [-0.05, 0) is 25.8 Å². The summed E-state index contributed by atoms with van der Waals surface area (Å²) in [5, 5.41) is 0. The van der Waals surface area contributed by atoms with Crippen LogP contribution in [0, 0.1) is 5.92 Å². The van der Waals surface area contributed by atoms with Crippen LogP contribution in [0.25, 0.3) is 0 Å². The van der Waals surface area contributed by atoms with Crippen LogP contribution in [0.1, 0.15) is 25.8 Å². The van der Waals surface area contributed by atoms with Crippen LogP contribution >= 0.6 is 0 Å². The van der Waals surface area contributed by atoms with Gasteiger partial charge in [-0.25, -0.2) is 0 Å². The summed E-state index contributed by atoms with van der Waals surface area (Å²) in [6, 6.07) is 0. The van der Waals surface area contributed by atoms with Gasteiger partial charge in [-0.2, -0.15) is 9.97 Å². The van der Waals surface area contributed by atoms with Crippen LogP contribution in [0.15, 0.2) is 0 Å². The standard InChI is InChI=1S/C14H26N6/c1-10(2)4-5-11-12(15)17-14(16)18-13(11)20-8-6-19(3)7-9-20/h10H,4-9H2,1-3H3,(H4,15,16,17,18). The van der Waals surface area contributed by atoms with Gasteiger partial charge in [0.2, 0.25) is 5.95 Å². The Hall–Kier alpha value is -1.56. The highest BCUT2D eigenvalue weighted by molar-refractivity contribution is 5.60. The molecular weight excluding hydrogens is 252 g/mol. The summed E-state index contributed by atoms with van der Waals surface area (Å²) in [6.45, 7) is 8.41. The predicted molar refractivity (Wildman–Crippen MR) is 83.7 cm³/mol. The normalized spacial score (nSPS) is 16.9. The molecule has 0 atom stereocenters. The Bertz CT molecular complexity index is 451. The first-order valence-corrected chi connectivity index (χ1v) is 7.32. The third kappa shape index (κ3) is 3.50. The first-order valence-electron chi connectivity index (χ1n) is 7.32. The predicted octanol–water partition coefficient (Wildman–Crippen LogP) is 0.981. The molecule has 1 aromatic heterocycles. The number of hydrogen-bond acceptors (Lipinski definition) is 6. The highest BCUT2D eigenvalue weighted by Gasteiger charge is 2.21. The number of nitrogens with zero attached hydrogens (tertiary/aromatic N) is 4. The van der Waals surface area contributed by atoms with Gasteiger partial charge < -0.3 is 21.3 Å². The van der Waals surface area contributed by atoms with Crippen LogP contribution in [-0.4, -0.2) is 48.1 Å². The van der Waals surface area contributed by atoms with E-state index in [1.165, 1.54) is 0 Å². The van der Waals surface area contributed by atoms with Gasteiger partial charge in [0.15, 0.2) is 0 Å². The summed E-state index contributed by atoms with van der Waals surface area (Å²) >= 11 is 0. The zero-order chi connectivity index (χ0) is 14.7. The van der Waals surface area contributed by atoms with Gasteiger partial charge in [-0.3, -0.25) is 0 Å². The maximum atomic E-state index is 6.07. The third-order valence-corrected chi connectivity index (χ3v) is 3.81. The quantitative estimate of drug-likeness (QED) is 0.854. The van der Waals surface area contributed by atoms with Gasteiger partial charge in [-0.15, -0.1) is 0 Å². The number of nitrogens with two attached hydrogens (primary N) is 2. The SMILES string of the molecule is CC(C)CCc1c(N)nc(N)nc1N1CCN(C)CC1. The van der Waals surface area contributed by atoms with E-state index in [2.05, 4.69) is 40.7 Å². The molecule has 4 N–H and O–H groups in total. The van der Waals surface area contributed by atoms with E-state index in [1.54, 1.807) is 0 Å². The Kier molecular flexibility index (Phi) is 4.65. The molecule has 1 fully saturated rings. The van der Waals surface area contributed by atoms with E-state index in [9.17, 15) is 0 Å². The van der Waals surface area contributed by atoms with Gasteiger partial charge in [0.1, 0.15) is 11.6 Å². The first kappa shape index (κ1) is 14.8. The molecule has 2 rings (SSSR count). The highest BCUT2D eigenvalue weighted by atomic mass is 15.3. The molecule has 6 nitrogen and oxygen atoms in total. The van der Waals surface area contributed by atoms with Crippen molar-refractivity contribution in [2.75, 3.05) is 49.6 Å².